The first kappa shape index (κ1) is 17.5. The normalized spacial score (nSPS) is 12.7. The van der Waals surface area contributed by atoms with Crippen LogP contribution in [0.25, 0.3) is 0 Å². The van der Waals surface area contributed by atoms with Crippen LogP contribution in [0.15, 0.2) is 47.7 Å². The molecule has 6 nitrogen and oxygen atoms in total. The Morgan fingerprint density at radius 1 is 1.17 bits per heavy atom. The van der Waals surface area contributed by atoms with Crippen LogP contribution >= 0.6 is 24.0 Å². The van der Waals surface area contributed by atoms with E-state index in [1.54, 1.807) is 7.05 Å². The van der Waals surface area contributed by atoms with Crippen molar-refractivity contribution in [1.82, 2.24) is 15.2 Å². The fourth-order valence-electron chi connectivity index (χ4n) is 2.28. The van der Waals surface area contributed by atoms with Crippen molar-refractivity contribution >= 4 is 29.9 Å². The van der Waals surface area contributed by atoms with Crippen molar-refractivity contribution in [3.05, 3.63) is 48.3 Å². The number of benzene rings is 1. The van der Waals surface area contributed by atoms with Crippen molar-refractivity contribution in [1.29, 1.82) is 0 Å². The van der Waals surface area contributed by atoms with E-state index in [1.807, 2.05) is 42.7 Å². The van der Waals surface area contributed by atoms with Gasteiger partial charge in [0.25, 0.3) is 0 Å². The van der Waals surface area contributed by atoms with Gasteiger partial charge in [0.05, 0.1) is 0 Å². The van der Waals surface area contributed by atoms with Gasteiger partial charge in [-0.25, -0.2) is 0 Å². The number of guanidine groups is 1. The van der Waals surface area contributed by atoms with Crippen LogP contribution in [0.4, 0.5) is 0 Å². The molecule has 1 aromatic carbocycles. The fraction of sp³-hybridized carbons (Fsp3) is 0.312. The number of hydrogen-bond acceptors (Lipinski definition) is 3. The molecule has 1 aromatic heterocycles. The number of hydrogen-bond donors (Lipinski definition) is 2. The lowest BCUT2D eigenvalue weighted by molar-refractivity contribution is 0.174. The minimum absolute atomic E-state index is 0. The molecule has 0 radical (unpaired) electrons. The van der Waals surface area contributed by atoms with Gasteiger partial charge in [0.15, 0.2) is 17.5 Å². The summed E-state index contributed by atoms with van der Waals surface area (Å²) in [5, 5.41) is 6.58. The monoisotopic (exact) mass is 428 g/mol. The third kappa shape index (κ3) is 4.78. The first-order valence-electron chi connectivity index (χ1n) is 7.29. The maximum atomic E-state index is 5.38. The number of rotatable bonds is 5. The van der Waals surface area contributed by atoms with E-state index in [2.05, 4.69) is 20.2 Å². The first-order chi connectivity index (χ1) is 10.8. The van der Waals surface area contributed by atoms with Gasteiger partial charge in [-0.2, -0.15) is 0 Å². The van der Waals surface area contributed by atoms with Gasteiger partial charge in [0.2, 0.25) is 6.79 Å². The van der Waals surface area contributed by atoms with Gasteiger partial charge in [0.1, 0.15) is 0 Å². The number of aromatic nitrogens is 1. The molecule has 124 valence electrons. The van der Waals surface area contributed by atoms with E-state index in [0.29, 0.717) is 13.3 Å². The van der Waals surface area contributed by atoms with Crippen molar-refractivity contribution in [2.24, 2.45) is 4.99 Å². The van der Waals surface area contributed by atoms with Crippen LogP contribution < -0.4 is 20.1 Å². The highest BCUT2D eigenvalue weighted by Crippen LogP contribution is 2.32. The van der Waals surface area contributed by atoms with Crippen molar-refractivity contribution in [3.8, 4) is 11.5 Å². The summed E-state index contributed by atoms with van der Waals surface area (Å²) in [6.07, 6.45) is 4.09. The lowest BCUT2D eigenvalue weighted by Gasteiger charge is -2.12. The summed E-state index contributed by atoms with van der Waals surface area (Å²) in [7, 11) is 1.77. The minimum Gasteiger partial charge on any atom is -0.454 e. The molecule has 3 rings (SSSR count). The van der Waals surface area contributed by atoms with Crippen LogP contribution in [0.5, 0.6) is 11.5 Å². The van der Waals surface area contributed by atoms with Gasteiger partial charge in [-0.05, 0) is 29.8 Å². The molecule has 2 aromatic rings. The zero-order chi connectivity index (χ0) is 15.2. The number of nitrogens with zero attached hydrogens (tertiary/aromatic N) is 2. The molecule has 0 atom stereocenters. The molecular weight excluding hydrogens is 407 g/mol. The van der Waals surface area contributed by atoms with E-state index >= 15 is 0 Å². The van der Waals surface area contributed by atoms with E-state index in [0.717, 1.165) is 36.1 Å². The van der Waals surface area contributed by atoms with Crippen LogP contribution in [-0.4, -0.2) is 30.9 Å². The molecule has 0 bridgehead atoms. The molecular formula is C16H21IN4O2. The summed E-state index contributed by atoms with van der Waals surface area (Å²) in [4.78, 5) is 4.22. The third-order valence-corrected chi connectivity index (χ3v) is 3.45. The Kier molecular flexibility index (Phi) is 6.57. The zero-order valence-corrected chi connectivity index (χ0v) is 15.3. The van der Waals surface area contributed by atoms with Gasteiger partial charge < -0.3 is 24.7 Å². The van der Waals surface area contributed by atoms with Crippen LogP contribution in [0, 0.1) is 0 Å². The Morgan fingerprint density at radius 2 is 1.96 bits per heavy atom. The van der Waals surface area contributed by atoms with E-state index in [9.17, 15) is 0 Å². The van der Waals surface area contributed by atoms with Gasteiger partial charge in [-0.15, -0.1) is 24.0 Å². The molecule has 0 fully saturated rings. The van der Waals surface area contributed by atoms with Crippen molar-refractivity contribution in [2.45, 2.75) is 13.1 Å². The smallest absolute Gasteiger partial charge is 0.231 e. The molecule has 0 saturated heterocycles. The fourth-order valence-corrected chi connectivity index (χ4v) is 2.28. The van der Waals surface area contributed by atoms with Crippen molar-refractivity contribution in [2.75, 3.05) is 20.4 Å². The molecule has 1 aliphatic heterocycles. The van der Waals surface area contributed by atoms with Gasteiger partial charge in [-0.1, -0.05) is 6.07 Å². The zero-order valence-electron chi connectivity index (χ0n) is 13.0. The average molecular weight is 428 g/mol. The van der Waals surface area contributed by atoms with Crippen molar-refractivity contribution < 1.29 is 9.47 Å². The molecule has 7 heteroatoms. The van der Waals surface area contributed by atoms with Crippen LogP contribution in [-0.2, 0) is 13.1 Å². The van der Waals surface area contributed by atoms with E-state index < -0.39 is 0 Å². The number of ether oxygens (including phenoxy) is 2. The van der Waals surface area contributed by atoms with Crippen LogP contribution in [0.2, 0.25) is 0 Å². The number of halogens is 1. The molecule has 0 unspecified atom stereocenters. The number of nitrogens with one attached hydrogen (secondary N) is 2. The highest BCUT2D eigenvalue weighted by Gasteiger charge is 2.13. The highest BCUT2D eigenvalue weighted by atomic mass is 127. The van der Waals surface area contributed by atoms with Gasteiger partial charge >= 0.3 is 0 Å². The van der Waals surface area contributed by atoms with E-state index in [1.165, 1.54) is 0 Å². The Labute approximate surface area is 152 Å². The molecule has 0 spiro atoms. The second-order valence-electron chi connectivity index (χ2n) is 4.96. The lowest BCUT2D eigenvalue weighted by Crippen LogP contribution is -2.38. The predicted octanol–water partition coefficient (Wildman–Crippen LogP) is 2.20. The van der Waals surface area contributed by atoms with Crippen molar-refractivity contribution in [3.63, 3.8) is 0 Å². The summed E-state index contributed by atoms with van der Waals surface area (Å²) in [6.45, 7) is 2.70. The Bertz CT molecular complexity index is 644. The summed E-state index contributed by atoms with van der Waals surface area (Å²) >= 11 is 0. The third-order valence-electron chi connectivity index (χ3n) is 3.45. The minimum atomic E-state index is 0. The molecule has 23 heavy (non-hydrogen) atoms. The SMILES string of the molecule is CN=C(NCCn1cccc1)NCc1ccc2c(c1)OCO2.I. The molecule has 2 N–H and O–H groups in total. The number of fused-ring (bicyclic) bond motifs is 1. The van der Waals surface area contributed by atoms with Gasteiger partial charge in [-0.3, -0.25) is 4.99 Å². The quantitative estimate of drug-likeness (QED) is 0.436. The summed E-state index contributed by atoms with van der Waals surface area (Å²) < 4.78 is 12.8. The molecule has 0 amide bonds. The molecule has 0 aliphatic carbocycles. The Morgan fingerprint density at radius 3 is 2.74 bits per heavy atom. The first-order valence-corrected chi connectivity index (χ1v) is 7.29. The van der Waals surface area contributed by atoms with E-state index in [-0.39, 0.29) is 24.0 Å². The van der Waals surface area contributed by atoms with Crippen LogP contribution in [0.1, 0.15) is 5.56 Å². The maximum absolute atomic E-state index is 5.38. The number of aliphatic imine (C=N–C) groups is 1. The summed E-state index contributed by atoms with van der Waals surface area (Å²) in [5.74, 6) is 2.39. The summed E-state index contributed by atoms with van der Waals surface area (Å²) in [5.41, 5.74) is 1.12. The largest absolute Gasteiger partial charge is 0.454 e. The average Bonchev–Trinajstić information content (AvgIpc) is 3.21. The van der Waals surface area contributed by atoms with Crippen LogP contribution in [0.3, 0.4) is 0 Å². The maximum Gasteiger partial charge on any atom is 0.231 e. The molecule has 1 aliphatic rings. The topological polar surface area (TPSA) is 59.8 Å². The van der Waals surface area contributed by atoms with E-state index in [4.69, 9.17) is 9.47 Å². The Balaban J connectivity index is 0.00000192. The standard InChI is InChI=1S/C16H20N4O2.HI/c1-17-16(18-6-9-20-7-2-3-8-20)19-11-13-4-5-14-15(10-13)22-12-21-14;/h2-5,7-8,10H,6,9,11-12H2,1H3,(H2,17,18,19);1H. The predicted molar refractivity (Wildman–Crippen MR) is 101 cm³/mol. The molecule has 0 saturated carbocycles. The Hall–Kier alpha value is -1.90. The molecule has 2 heterocycles. The summed E-state index contributed by atoms with van der Waals surface area (Å²) in [6, 6.07) is 9.98. The highest BCUT2D eigenvalue weighted by molar-refractivity contribution is 14.0. The van der Waals surface area contributed by atoms with Gasteiger partial charge in [0, 0.05) is 39.1 Å². The lowest BCUT2D eigenvalue weighted by atomic mass is 10.2. The second kappa shape index (κ2) is 8.66. The second-order valence-corrected chi connectivity index (χ2v) is 4.96.